The van der Waals surface area contributed by atoms with Crippen molar-refractivity contribution in [3.05, 3.63) is 39.4 Å². The van der Waals surface area contributed by atoms with E-state index in [1.165, 1.54) is 12.1 Å². The maximum Gasteiger partial charge on any atom is 0.407 e. The van der Waals surface area contributed by atoms with Gasteiger partial charge >= 0.3 is 6.09 Å². The Hall–Kier alpha value is -2.15. The summed E-state index contributed by atoms with van der Waals surface area (Å²) in [6.07, 6.45) is 0.609. The van der Waals surface area contributed by atoms with Crippen molar-refractivity contribution < 1.29 is 19.6 Å². The highest BCUT2D eigenvalue weighted by Crippen LogP contribution is 2.34. The number of benzene rings is 1. The van der Waals surface area contributed by atoms with Crippen LogP contribution in [-0.4, -0.2) is 28.8 Å². The lowest BCUT2D eigenvalue weighted by Gasteiger charge is -2.17. The fourth-order valence-corrected chi connectivity index (χ4v) is 2.37. The van der Waals surface area contributed by atoms with Crippen molar-refractivity contribution in [1.29, 1.82) is 0 Å². The van der Waals surface area contributed by atoms with Gasteiger partial charge in [0.2, 0.25) is 0 Å². The molecule has 1 amide bonds. The number of carbonyl (C=O) groups is 1. The second kappa shape index (κ2) is 6.53. The number of nitrogens with one attached hydrogen (secondary N) is 1. The summed E-state index contributed by atoms with van der Waals surface area (Å²) in [5.74, 6) is 0. The molecule has 0 saturated heterocycles. The van der Waals surface area contributed by atoms with Crippen LogP contribution in [0.25, 0.3) is 0 Å². The smallest absolute Gasteiger partial charge is 0.407 e. The van der Waals surface area contributed by atoms with E-state index in [1.54, 1.807) is 6.07 Å². The number of rotatable bonds is 5. The first-order valence-corrected chi connectivity index (χ1v) is 6.91. The molecule has 0 unspecified atom stereocenters. The van der Waals surface area contributed by atoms with Crippen molar-refractivity contribution in [2.24, 2.45) is 0 Å². The summed E-state index contributed by atoms with van der Waals surface area (Å²) in [4.78, 5) is 22.0. The molecule has 0 saturated carbocycles. The molecule has 2 N–H and O–H groups in total. The number of hydrogen-bond acceptors (Lipinski definition) is 5. The van der Waals surface area contributed by atoms with E-state index in [1.807, 2.05) is 6.92 Å². The number of nitro groups is 1. The quantitative estimate of drug-likeness (QED) is 0.492. The number of fused-ring (bicyclic) bond motifs is 1. The van der Waals surface area contributed by atoms with Crippen molar-refractivity contribution >= 4 is 11.8 Å². The Morgan fingerprint density at radius 2 is 2.33 bits per heavy atom. The SMILES string of the molecule is CCCCOC(=O)N[C@@H]1c2cc([N+](=O)[O-])ccc2C[C@H]1O. The van der Waals surface area contributed by atoms with Gasteiger partial charge in [0.25, 0.3) is 5.69 Å². The second-order valence-corrected chi connectivity index (χ2v) is 5.02. The van der Waals surface area contributed by atoms with Gasteiger partial charge in [0.05, 0.1) is 23.7 Å². The Labute approximate surface area is 122 Å². The largest absolute Gasteiger partial charge is 0.450 e. The molecular formula is C14H18N2O5. The van der Waals surface area contributed by atoms with E-state index >= 15 is 0 Å². The molecule has 21 heavy (non-hydrogen) atoms. The van der Waals surface area contributed by atoms with Crippen LogP contribution in [0.4, 0.5) is 10.5 Å². The molecule has 114 valence electrons. The molecule has 1 aromatic carbocycles. The van der Waals surface area contributed by atoms with Crippen molar-refractivity contribution in [1.82, 2.24) is 5.32 Å². The Bertz CT molecular complexity index is 546. The van der Waals surface area contributed by atoms with Crippen LogP contribution in [0.3, 0.4) is 0 Å². The standard InChI is InChI=1S/C14H18N2O5/c1-2-3-6-21-14(18)15-13-11-8-10(16(19)20)5-4-9(11)7-12(13)17/h4-5,8,12-13,17H,2-3,6-7H2,1H3,(H,15,18)/t12-,13-/m1/s1. The summed E-state index contributed by atoms with van der Waals surface area (Å²) in [5, 5.41) is 23.4. The molecule has 0 aliphatic heterocycles. The third-order valence-electron chi connectivity index (χ3n) is 3.49. The molecule has 0 radical (unpaired) electrons. The van der Waals surface area contributed by atoms with E-state index in [-0.39, 0.29) is 5.69 Å². The number of carbonyl (C=O) groups excluding carboxylic acids is 1. The predicted octanol–water partition coefficient (Wildman–Crippen LogP) is 2.08. The molecule has 0 spiro atoms. The maximum atomic E-state index is 11.7. The van der Waals surface area contributed by atoms with Gasteiger partial charge in [0, 0.05) is 18.6 Å². The Morgan fingerprint density at radius 1 is 1.57 bits per heavy atom. The van der Waals surface area contributed by atoms with Gasteiger partial charge in [0.15, 0.2) is 0 Å². The molecule has 2 rings (SSSR count). The van der Waals surface area contributed by atoms with Crippen molar-refractivity contribution in [3.8, 4) is 0 Å². The van der Waals surface area contributed by atoms with Gasteiger partial charge in [-0.1, -0.05) is 19.4 Å². The predicted molar refractivity (Wildman–Crippen MR) is 74.9 cm³/mol. The normalized spacial score (nSPS) is 19.9. The first-order chi connectivity index (χ1) is 10.0. The lowest BCUT2D eigenvalue weighted by molar-refractivity contribution is -0.384. The minimum atomic E-state index is -0.805. The average Bonchev–Trinajstić information content (AvgIpc) is 2.74. The van der Waals surface area contributed by atoms with E-state index in [9.17, 15) is 20.0 Å². The first kappa shape index (κ1) is 15.2. The lowest BCUT2D eigenvalue weighted by Crippen LogP contribution is -2.34. The number of hydrogen-bond donors (Lipinski definition) is 2. The molecule has 0 fully saturated rings. The summed E-state index contributed by atoms with van der Waals surface area (Å²) < 4.78 is 4.99. The molecule has 2 atom stereocenters. The van der Waals surface area contributed by atoms with Crippen LogP contribution >= 0.6 is 0 Å². The summed E-state index contributed by atoms with van der Waals surface area (Å²) in [7, 11) is 0. The van der Waals surface area contributed by atoms with E-state index in [4.69, 9.17) is 4.74 Å². The third kappa shape index (κ3) is 3.49. The topological polar surface area (TPSA) is 102 Å². The minimum absolute atomic E-state index is 0.0611. The van der Waals surface area contributed by atoms with Gasteiger partial charge in [-0.15, -0.1) is 0 Å². The van der Waals surface area contributed by atoms with E-state index in [2.05, 4.69) is 5.32 Å². The summed E-state index contributed by atoms with van der Waals surface area (Å²) in [6.45, 7) is 2.30. The second-order valence-electron chi connectivity index (χ2n) is 5.02. The Balaban J connectivity index is 2.09. The zero-order chi connectivity index (χ0) is 15.4. The number of unbranched alkanes of at least 4 members (excludes halogenated alkanes) is 1. The summed E-state index contributed by atoms with van der Waals surface area (Å²) in [6, 6.07) is 3.73. The zero-order valence-corrected chi connectivity index (χ0v) is 11.7. The fraction of sp³-hybridized carbons (Fsp3) is 0.500. The molecule has 1 aromatic rings. The van der Waals surface area contributed by atoms with Crippen LogP contribution in [0.5, 0.6) is 0 Å². The zero-order valence-electron chi connectivity index (χ0n) is 11.7. The van der Waals surface area contributed by atoms with Crippen molar-refractivity contribution in [2.45, 2.75) is 38.3 Å². The number of ether oxygens (including phenoxy) is 1. The van der Waals surface area contributed by atoms with Gasteiger partial charge < -0.3 is 15.2 Å². The average molecular weight is 294 g/mol. The van der Waals surface area contributed by atoms with Crippen LogP contribution < -0.4 is 5.32 Å². The van der Waals surface area contributed by atoms with Gasteiger partial charge in [-0.05, 0) is 17.5 Å². The molecule has 1 aliphatic carbocycles. The molecule has 0 bridgehead atoms. The third-order valence-corrected chi connectivity index (χ3v) is 3.49. The number of aliphatic hydroxyl groups is 1. The van der Waals surface area contributed by atoms with E-state index in [0.717, 1.165) is 18.4 Å². The highest BCUT2D eigenvalue weighted by molar-refractivity contribution is 5.68. The number of alkyl carbamates (subject to hydrolysis) is 1. The highest BCUT2D eigenvalue weighted by Gasteiger charge is 2.33. The molecular weight excluding hydrogens is 276 g/mol. The van der Waals surface area contributed by atoms with Crippen LogP contribution in [0.2, 0.25) is 0 Å². The molecule has 0 aromatic heterocycles. The number of non-ortho nitro benzene ring substituents is 1. The molecule has 7 nitrogen and oxygen atoms in total. The van der Waals surface area contributed by atoms with Crippen LogP contribution in [0.1, 0.15) is 36.9 Å². The van der Waals surface area contributed by atoms with Crippen LogP contribution in [0, 0.1) is 10.1 Å². The Morgan fingerprint density at radius 3 is 3.00 bits per heavy atom. The summed E-state index contributed by atoms with van der Waals surface area (Å²) in [5.41, 5.74) is 1.31. The number of nitro benzene ring substituents is 1. The highest BCUT2D eigenvalue weighted by atomic mass is 16.6. The van der Waals surface area contributed by atoms with E-state index in [0.29, 0.717) is 18.6 Å². The van der Waals surface area contributed by atoms with Gasteiger partial charge in [0.1, 0.15) is 0 Å². The molecule has 0 heterocycles. The fourth-order valence-electron chi connectivity index (χ4n) is 2.37. The van der Waals surface area contributed by atoms with Crippen molar-refractivity contribution in [3.63, 3.8) is 0 Å². The van der Waals surface area contributed by atoms with E-state index < -0.39 is 23.2 Å². The first-order valence-electron chi connectivity index (χ1n) is 6.91. The van der Waals surface area contributed by atoms with Gasteiger partial charge in [-0.2, -0.15) is 0 Å². The maximum absolute atomic E-state index is 11.7. The molecule has 7 heteroatoms. The number of amides is 1. The Kier molecular flexibility index (Phi) is 4.74. The monoisotopic (exact) mass is 294 g/mol. The van der Waals surface area contributed by atoms with Gasteiger partial charge in [-0.3, -0.25) is 10.1 Å². The van der Waals surface area contributed by atoms with Gasteiger partial charge in [-0.25, -0.2) is 4.79 Å². The molecule has 1 aliphatic rings. The minimum Gasteiger partial charge on any atom is -0.450 e. The number of aliphatic hydroxyl groups excluding tert-OH is 1. The van der Waals surface area contributed by atoms with Crippen LogP contribution in [0.15, 0.2) is 18.2 Å². The summed E-state index contributed by atoms with van der Waals surface area (Å²) >= 11 is 0. The van der Waals surface area contributed by atoms with Crippen LogP contribution in [-0.2, 0) is 11.2 Å². The number of nitrogens with zero attached hydrogens (tertiary/aromatic N) is 1. The lowest BCUT2D eigenvalue weighted by atomic mass is 10.1. The van der Waals surface area contributed by atoms with Crippen molar-refractivity contribution in [2.75, 3.05) is 6.61 Å².